The van der Waals surface area contributed by atoms with Crippen LogP contribution < -0.4 is 0 Å². The molecule has 0 aliphatic rings. The van der Waals surface area contributed by atoms with Crippen LogP contribution in [0, 0.1) is 6.92 Å². The Bertz CT molecular complexity index is 259. The lowest BCUT2D eigenvalue weighted by Crippen LogP contribution is -1.98. The maximum atomic E-state index is 4.98. The zero-order chi connectivity index (χ0) is 14.2. The summed E-state index contributed by atoms with van der Waals surface area (Å²) in [5.41, 5.74) is 1.32. The highest BCUT2D eigenvalue weighted by Gasteiger charge is 1.89. The van der Waals surface area contributed by atoms with Gasteiger partial charge >= 0.3 is 0 Å². The van der Waals surface area contributed by atoms with Crippen molar-refractivity contribution in [1.29, 1.82) is 0 Å². The van der Waals surface area contributed by atoms with Gasteiger partial charge in [-0.3, -0.25) is 0 Å². The summed E-state index contributed by atoms with van der Waals surface area (Å²) in [7, 11) is 0. The molecule has 1 aromatic carbocycles. The second kappa shape index (κ2) is 22.0. The zero-order valence-electron chi connectivity index (χ0n) is 13.7. The zero-order valence-corrected chi connectivity index (χ0v) is 15.3. The highest BCUT2D eigenvalue weighted by atomic mass is 35.5. The Morgan fingerprint density at radius 2 is 1.14 bits per heavy atom. The number of rotatable bonds is 9. The SMILES string of the molecule is CCCCCOOCCCCC.Cc1ccccc1.Cl.Cl. The van der Waals surface area contributed by atoms with Crippen molar-refractivity contribution in [3.05, 3.63) is 35.9 Å². The Morgan fingerprint density at radius 1 is 0.714 bits per heavy atom. The molecule has 0 unspecified atom stereocenters. The van der Waals surface area contributed by atoms with E-state index in [2.05, 4.69) is 32.9 Å². The molecule has 0 aromatic heterocycles. The number of unbranched alkanes of at least 4 members (excludes halogenated alkanes) is 4. The molecule has 126 valence electrons. The number of hydrogen-bond donors (Lipinski definition) is 0. The summed E-state index contributed by atoms with van der Waals surface area (Å²) < 4.78 is 0. The Hall–Kier alpha value is -0.280. The number of benzene rings is 1. The molecule has 0 radical (unpaired) electrons. The number of hydrogen-bond acceptors (Lipinski definition) is 2. The number of halogens is 2. The third kappa shape index (κ3) is 22.1. The van der Waals surface area contributed by atoms with E-state index in [0.717, 1.165) is 26.1 Å². The molecule has 0 aliphatic carbocycles. The second-order valence-electron chi connectivity index (χ2n) is 4.71. The molecule has 0 spiro atoms. The second-order valence-corrected chi connectivity index (χ2v) is 4.71. The lowest BCUT2D eigenvalue weighted by Gasteiger charge is -2.02. The van der Waals surface area contributed by atoms with Crippen LogP contribution in [-0.4, -0.2) is 13.2 Å². The van der Waals surface area contributed by atoms with E-state index in [4.69, 9.17) is 9.78 Å². The van der Waals surface area contributed by atoms with Crippen LogP contribution in [0.1, 0.15) is 57.9 Å². The predicted molar refractivity (Wildman–Crippen MR) is 96.6 cm³/mol. The molecule has 2 nitrogen and oxygen atoms in total. The first kappa shape index (κ1) is 25.7. The molecular weight excluding hydrogens is 307 g/mol. The maximum absolute atomic E-state index is 4.98. The van der Waals surface area contributed by atoms with Crippen molar-refractivity contribution in [2.45, 2.75) is 59.3 Å². The Labute approximate surface area is 143 Å². The van der Waals surface area contributed by atoms with Crippen molar-refractivity contribution in [2.24, 2.45) is 0 Å². The van der Waals surface area contributed by atoms with E-state index < -0.39 is 0 Å². The van der Waals surface area contributed by atoms with Crippen LogP contribution in [0.5, 0.6) is 0 Å². The van der Waals surface area contributed by atoms with Gasteiger partial charge in [-0.2, -0.15) is 0 Å². The topological polar surface area (TPSA) is 18.5 Å². The van der Waals surface area contributed by atoms with E-state index in [1.807, 2.05) is 18.2 Å². The van der Waals surface area contributed by atoms with Gasteiger partial charge in [-0.1, -0.05) is 75.4 Å². The first-order chi connectivity index (χ1) is 9.31. The van der Waals surface area contributed by atoms with Crippen molar-refractivity contribution in [2.75, 3.05) is 13.2 Å². The molecule has 0 N–H and O–H groups in total. The molecule has 0 aliphatic heterocycles. The largest absolute Gasteiger partial charge is 0.237 e. The molecular formula is C17H32Cl2O2. The Balaban J connectivity index is -0.000000310. The average molecular weight is 339 g/mol. The van der Waals surface area contributed by atoms with E-state index in [-0.39, 0.29) is 24.8 Å². The Morgan fingerprint density at radius 3 is 1.43 bits per heavy atom. The van der Waals surface area contributed by atoms with Crippen LogP contribution in [0.2, 0.25) is 0 Å². The fourth-order valence-corrected chi connectivity index (χ4v) is 1.47. The van der Waals surface area contributed by atoms with Crippen molar-refractivity contribution >= 4 is 24.8 Å². The van der Waals surface area contributed by atoms with Gasteiger partial charge in [0.2, 0.25) is 0 Å². The highest BCUT2D eigenvalue weighted by molar-refractivity contribution is 5.85. The third-order valence-corrected chi connectivity index (χ3v) is 2.69. The van der Waals surface area contributed by atoms with Gasteiger partial charge in [0.1, 0.15) is 0 Å². The minimum absolute atomic E-state index is 0. The van der Waals surface area contributed by atoms with Crippen LogP contribution in [0.4, 0.5) is 0 Å². The van der Waals surface area contributed by atoms with Gasteiger partial charge in [-0.15, -0.1) is 24.8 Å². The quantitative estimate of drug-likeness (QED) is 0.305. The highest BCUT2D eigenvalue weighted by Crippen LogP contribution is 1.97. The normalized spacial score (nSPS) is 8.90. The molecule has 0 atom stereocenters. The van der Waals surface area contributed by atoms with Gasteiger partial charge in [0, 0.05) is 0 Å². The van der Waals surface area contributed by atoms with Crippen LogP contribution in [0.3, 0.4) is 0 Å². The van der Waals surface area contributed by atoms with Crippen molar-refractivity contribution in [3.63, 3.8) is 0 Å². The minimum atomic E-state index is 0. The van der Waals surface area contributed by atoms with Crippen molar-refractivity contribution in [1.82, 2.24) is 0 Å². The maximum Gasteiger partial charge on any atom is 0.0822 e. The molecule has 0 saturated carbocycles. The Kier molecular flexibility index (Phi) is 26.9. The monoisotopic (exact) mass is 338 g/mol. The summed E-state index contributed by atoms with van der Waals surface area (Å²) >= 11 is 0. The number of aryl methyl sites for hydroxylation is 1. The predicted octanol–water partition coefficient (Wildman–Crippen LogP) is 6.15. The van der Waals surface area contributed by atoms with E-state index in [1.165, 1.54) is 31.2 Å². The van der Waals surface area contributed by atoms with Gasteiger partial charge < -0.3 is 0 Å². The standard InChI is InChI=1S/C10H22O2.C7H8.2ClH/c1-3-5-7-9-11-12-10-8-6-4-2;1-7-5-3-2-4-6-7;;/h3-10H2,1-2H3;2-6H,1H3;2*1H. The van der Waals surface area contributed by atoms with Crippen LogP contribution in [0.15, 0.2) is 30.3 Å². The molecule has 1 aromatic rings. The van der Waals surface area contributed by atoms with Crippen LogP contribution >= 0.6 is 24.8 Å². The first-order valence-corrected chi connectivity index (χ1v) is 7.57. The summed E-state index contributed by atoms with van der Waals surface area (Å²) in [6.07, 6.45) is 7.17. The molecule has 0 amide bonds. The van der Waals surface area contributed by atoms with Gasteiger partial charge in [-0.05, 0) is 19.8 Å². The molecule has 0 saturated heterocycles. The van der Waals surface area contributed by atoms with Crippen molar-refractivity contribution in [3.8, 4) is 0 Å². The van der Waals surface area contributed by atoms with Gasteiger partial charge in [-0.25, -0.2) is 9.78 Å². The minimum Gasteiger partial charge on any atom is -0.237 e. The smallest absolute Gasteiger partial charge is 0.0822 e. The van der Waals surface area contributed by atoms with Gasteiger partial charge in [0.05, 0.1) is 13.2 Å². The van der Waals surface area contributed by atoms with Crippen molar-refractivity contribution < 1.29 is 9.78 Å². The summed E-state index contributed by atoms with van der Waals surface area (Å²) in [6, 6.07) is 10.3. The fourth-order valence-electron chi connectivity index (χ4n) is 1.47. The average Bonchev–Trinajstić information content (AvgIpc) is 2.43. The lowest BCUT2D eigenvalue weighted by atomic mass is 10.2. The molecule has 0 heterocycles. The van der Waals surface area contributed by atoms with Crippen LogP contribution in [-0.2, 0) is 9.78 Å². The van der Waals surface area contributed by atoms with Gasteiger partial charge in [0.25, 0.3) is 0 Å². The molecule has 21 heavy (non-hydrogen) atoms. The van der Waals surface area contributed by atoms with E-state index in [0.29, 0.717) is 0 Å². The molecule has 4 heteroatoms. The lowest BCUT2D eigenvalue weighted by molar-refractivity contribution is -0.295. The summed E-state index contributed by atoms with van der Waals surface area (Å²) in [4.78, 5) is 9.96. The van der Waals surface area contributed by atoms with Crippen LogP contribution in [0.25, 0.3) is 0 Å². The summed E-state index contributed by atoms with van der Waals surface area (Å²) in [6.45, 7) is 7.95. The fraction of sp³-hybridized carbons (Fsp3) is 0.647. The molecule has 1 rings (SSSR count). The molecule has 0 bridgehead atoms. The van der Waals surface area contributed by atoms with Gasteiger partial charge in [0.15, 0.2) is 0 Å². The summed E-state index contributed by atoms with van der Waals surface area (Å²) in [5.74, 6) is 0. The van der Waals surface area contributed by atoms with E-state index in [9.17, 15) is 0 Å². The third-order valence-electron chi connectivity index (χ3n) is 2.69. The molecule has 0 fully saturated rings. The van der Waals surface area contributed by atoms with E-state index in [1.54, 1.807) is 0 Å². The summed E-state index contributed by atoms with van der Waals surface area (Å²) in [5, 5.41) is 0. The van der Waals surface area contributed by atoms with E-state index >= 15 is 0 Å². The first-order valence-electron chi connectivity index (χ1n) is 7.57.